The van der Waals surface area contributed by atoms with Crippen molar-refractivity contribution in [2.75, 3.05) is 19.2 Å². The van der Waals surface area contributed by atoms with Crippen LogP contribution in [0.3, 0.4) is 0 Å². The second-order valence-electron chi connectivity index (χ2n) is 5.45. The number of hydrogen-bond donors (Lipinski definition) is 1. The van der Waals surface area contributed by atoms with Gasteiger partial charge in [0.2, 0.25) is 6.79 Å². The third kappa shape index (κ3) is 3.69. The van der Waals surface area contributed by atoms with Gasteiger partial charge in [0.1, 0.15) is 0 Å². The van der Waals surface area contributed by atoms with Crippen LogP contribution in [0.15, 0.2) is 36.4 Å². The molecule has 0 saturated heterocycles. The highest BCUT2D eigenvalue weighted by Gasteiger charge is 2.21. The lowest BCUT2D eigenvalue weighted by Crippen LogP contribution is -2.30. The Hall–Kier alpha value is -3.29. The zero-order valence-corrected chi connectivity index (χ0v) is 14.1. The van der Waals surface area contributed by atoms with E-state index < -0.39 is 23.8 Å². The number of halogens is 1. The fraction of sp³-hybridized carbons (Fsp3) is 0.222. The van der Waals surface area contributed by atoms with Gasteiger partial charge in [-0.25, -0.2) is 9.18 Å². The van der Waals surface area contributed by atoms with Crippen molar-refractivity contribution in [1.29, 1.82) is 0 Å². The minimum atomic E-state index is -1.09. The van der Waals surface area contributed by atoms with E-state index in [-0.39, 0.29) is 18.1 Å². The van der Waals surface area contributed by atoms with Crippen LogP contribution in [-0.2, 0) is 9.53 Å². The predicted molar refractivity (Wildman–Crippen MR) is 89.0 cm³/mol. The molecule has 0 saturated carbocycles. The average molecular weight is 361 g/mol. The highest BCUT2D eigenvalue weighted by molar-refractivity contribution is 5.97. The molecule has 1 aliphatic heterocycles. The molecule has 0 bridgehead atoms. The van der Waals surface area contributed by atoms with Gasteiger partial charge in [-0.2, -0.15) is 0 Å². The lowest BCUT2D eigenvalue weighted by Gasteiger charge is -2.14. The summed E-state index contributed by atoms with van der Waals surface area (Å²) in [7, 11) is 1.32. The van der Waals surface area contributed by atoms with E-state index in [9.17, 15) is 14.0 Å². The van der Waals surface area contributed by atoms with Crippen molar-refractivity contribution in [1.82, 2.24) is 0 Å². The smallest absolute Gasteiger partial charge is 0.339 e. The molecule has 2 aromatic carbocycles. The van der Waals surface area contributed by atoms with Crippen molar-refractivity contribution >= 4 is 17.6 Å². The van der Waals surface area contributed by atoms with Crippen LogP contribution in [0, 0.1) is 5.82 Å². The van der Waals surface area contributed by atoms with Crippen LogP contribution >= 0.6 is 0 Å². The SMILES string of the molecule is COc1ccc(C(=O)O[C@@H](C)C(=O)Nc2ccc3c(c2)OCO3)cc1F. The summed E-state index contributed by atoms with van der Waals surface area (Å²) >= 11 is 0. The number of ether oxygens (including phenoxy) is 4. The third-order valence-electron chi connectivity index (χ3n) is 3.68. The van der Waals surface area contributed by atoms with E-state index >= 15 is 0 Å². The van der Waals surface area contributed by atoms with E-state index in [0.29, 0.717) is 17.2 Å². The Balaban J connectivity index is 1.61. The number of esters is 1. The molecule has 0 radical (unpaired) electrons. The van der Waals surface area contributed by atoms with Gasteiger partial charge < -0.3 is 24.3 Å². The maximum Gasteiger partial charge on any atom is 0.339 e. The van der Waals surface area contributed by atoms with E-state index in [2.05, 4.69) is 5.32 Å². The zero-order valence-electron chi connectivity index (χ0n) is 14.1. The minimum absolute atomic E-state index is 0.00940. The maximum atomic E-state index is 13.7. The van der Waals surface area contributed by atoms with Crippen molar-refractivity contribution < 1.29 is 32.9 Å². The minimum Gasteiger partial charge on any atom is -0.494 e. The molecule has 3 rings (SSSR count). The number of methoxy groups -OCH3 is 1. The summed E-state index contributed by atoms with van der Waals surface area (Å²) in [4.78, 5) is 24.3. The molecule has 136 valence electrons. The van der Waals surface area contributed by atoms with Crippen molar-refractivity contribution in [3.05, 3.63) is 47.8 Å². The maximum absolute atomic E-state index is 13.7. The van der Waals surface area contributed by atoms with Gasteiger partial charge >= 0.3 is 5.97 Å². The molecule has 0 spiro atoms. The van der Waals surface area contributed by atoms with Gasteiger partial charge in [0.25, 0.3) is 5.91 Å². The number of fused-ring (bicyclic) bond motifs is 1. The fourth-order valence-electron chi connectivity index (χ4n) is 2.29. The summed E-state index contributed by atoms with van der Waals surface area (Å²) in [6, 6.07) is 8.56. The van der Waals surface area contributed by atoms with Gasteiger partial charge in [0, 0.05) is 11.8 Å². The second-order valence-corrected chi connectivity index (χ2v) is 5.45. The fourth-order valence-corrected chi connectivity index (χ4v) is 2.29. The first-order valence-electron chi connectivity index (χ1n) is 7.73. The van der Waals surface area contributed by atoms with Crippen molar-refractivity contribution in [3.63, 3.8) is 0 Å². The monoisotopic (exact) mass is 361 g/mol. The predicted octanol–water partition coefficient (Wildman–Crippen LogP) is 2.75. The molecule has 1 heterocycles. The number of nitrogens with one attached hydrogen (secondary N) is 1. The van der Waals surface area contributed by atoms with Crippen LogP contribution in [0.2, 0.25) is 0 Å². The number of amides is 1. The van der Waals surface area contributed by atoms with E-state index in [4.69, 9.17) is 18.9 Å². The Labute approximate surface area is 148 Å². The van der Waals surface area contributed by atoms with Gasteiger partial charge in [-0.3, -0.25) is 4.79 Å². The number of carbonyl (C=O) groups excluding carboxylic acids is 2. The van der Waals surface area contributed by atoms with Gasteiger partial charge in [-0.05, 0) is 37.3 Å². The third-order valence-corrected chi connectivity index (χ3v) is 3.68. The van der Waals surface area contributed by atoms with Crippen molar-refractivity contribution in [2.45, 2.75) is 13.0 Å². The lowest BCUT2D eigenvalue weighted by atomic mass is 10.2. The largest absolute Gasteiger partial charge is 0.494 e. The molecule has 1 amide bonds. The number of rotatable bonds is 5. The molecule has 0 unspecified atom stereocenters. The van der Waals surface area contributed by atoms with E-state index in [0.717, 1.165) is 6.07 Å². The van der Waals surface area contributed by atoms with Crippen LogP contribution in [0.4, 0.5) is 10.1 Å². The summed E-state index contributed by atoms with van der Waals surface area (Å²) in [6.45, 7) is 1.54. The molecule has 26 heavy (non-hydrogen) atoms. The summed E-state index contributed by atoms with van der Waals surface area (Å²) in [6.07, 6.45) is -1.09. The molecule has 8 heteroatoms. The number of carbonyl (C=O) groups is 2. The van der Waals surface area contributed by atoms with Crippen LogP contribution in [-0.4, -0.2) is 31.9 Å². The van der Waals surface area contributed by atoms with E-state index in [1.807, 2.05) is 0 Å². The molecule has 0 fully saturated rings. The highest BCUT2D eigenvalue weighted by Crippen LogP contribution is 2.34. The van der Waals surface area contributed by atoms with Gasteiger partial charge in [0.05, 0.1) is 12.7 Å². The van der Waals surface area contributed by atoms with E-state index in [1.54, 1.807) is 18.2 Å². The molecule has 0 aliphatic carbocycles. The average Bonchev–Trinajstić information content (AvgIpc) is 3.09. The standard InChI is InChI=1S/C18H16FNO6/c1-10(26-18(22)11-3-5-14(23-2)13(19)7-11)17(21)20-12-4-6-15-16(8-12)25-9-24-15/h3-8,10H,9H2,1-2H3,(H,20,21)/t10-/m0/s1. The van der Waals surface area contributed by atoms with Gasteiger partial charge in [0.15, 0.2) is 29.2 Å². The molecule has 7 nitrogen and oxygen atoms in total. The van der Waals surface area contributed by atoms with Crippen LogP contribution in [0.5, 0.6) is 17.2 Å². The van der Waals surface area contributed by atoms with Gasteiger partial charge in [-0.15, -0.1) is 0 Å². The number of hydrogen-bond acceptors (Lipinski definition) is 6. The normalized spacial score (nSPS) is 13.0. The lowest BCUT2D eigenvalue weighted by molar-refractivity contribution is -0.123. The second kappa shape index (κ2) is 7.30. The zero-order chi connectivity index (χ0) is 18.7. The van der Waals surface area contributed by atoms with Crippen LogP contribution in [0.1, 0.15) is 17.3 Å². The van der Waals surface area contributed by atoms with Crippen LogP contribution in [0.25, 0.3) is 0 Å². The topological polar surface area (TPSA) is 83.1 Å². The van der Waals surface area contributed by atoms with Crippen molar-refractivity contribution in [3.8, 4) is 17.2 Å². The number of benzene rings is 2. The molecule has 0 aromatic heterocycles. The Bertz CT molecular complexity index is 854. The highest BCUT2D eigenvalue weighted by atomic mass is 19.1. The summed E-state index contributed by atoms with van der Waals surface area (Å²) in [5, 5.41) is 2.61. The Morgan fingerprint density at radius 1 is 1.15 bits per heavy atom. The first-order chi connectivity index (χ1) is 12.5. The Morgan fingerprint density at radius 2 is 1.92 bits per heavy atom. The summed E-state index contributed by atoms with van der Waals surface area (Å²) < 4.78 is 34.0. The molecular weight excluding hydrogens is 345 g/mol. The molecule has 2 aromatic rings. The van der Waals surface area contributed by atoms with Crippen LogP contribution < -0.4 is 19.5 Å². The summed E-state index contributed by atoms with van der Waals surface area (Å²) in [5.74, 6) is -0.939. The van der Waals surface area contributed by atoms with Gasteiger partial charge in [-0.1, -0.05) is 0 Å². The molecule has 1 atom stereocenters. The first kappa shape index (κ1) is 17.5. The quantitative estimate of drug-likeness (QED) is 0.825. The van der Waals surface area contributed by atoms with E-state index in [1.165, 1.54) is 26.2 Å². The van der Waals surface area contributed by atoms with Crippen molar-refractivity contribution in [2.24, 2.45) is 0 Å². The first-order valence-corrected chi connectivity index (χ1v) is 7.73. The Morgan fingerprint density at radius 3 is 2.65 bits per heavy atom. The molecule has 1 N–H and O–H groups in total. The Kier molecular flexibility index (Phi) is 4.92. The molecular formula is C18H16FNO6. The number of anilines is 1. The molecule has 1 aliphatic rings. The summed E-state index contributed by atoms with van der Waals surface area (Å²) in [5.41, 5.74) is 0.448.